The average molecular weight is 173 g/mol. The van der Waals surface area contributed by atoms with Gasteiger partial charge in [-0.3, -0.25) is 4.57 Å². The third-order valence-electron chi connectivity index (χ3n) is 2.10. The van der Waals surface area contributed by atoms with E-state index in [4.69, 9.17) is 4.84 Å². The second-order valence-corrected chi connectivity index (χ2v) is 2.88. The lowest BCUT2D eigenvalue weighted by atomic mass is 10.3. The Balaban J connectivity index is 2.42. The SMILES string of the molecule is C1=NOCc2nc3ccccc3n21. The topological polar surface area (TPSA) is 39.4 Å². The minimum absolute atomic E-state index is 0.450. The van der Waals surface area contributed by atoms with E-state index in [1.165, 1.54) is 0 Å². The van der Waals surface area contributed by atoms with Crippen LogP contribution >= 0.6 is 0 Å². The van der Waals surface area contributed by atoms with Gasteiger partial charge in [-0.2, -0.15) is 0 Å². The maximum atomic E-state index is 4.91. The van der Waals surface area contributed by atoms with E-state index in [1.807, 2.05) is 28.8 Å². The zero-order valence-electron chi connectivity index (χ0n) is 6.84. The molecular weight excluding hydrogens is 166 g/mol. The molecular formula is C9H7N3O. The fourth-order valence-electron chi connectivity index (χ4n) is 1.50. The number of benzene rings is 1. The second kappa shape index (κ2) is 2.32. The Labute approximate surface area is 74.4 Å². The maximum Gasteiger partial charge on any atom is 0.175 e. The molecule has 0 saturated carbocycles. The molecule has 0 spiro atoms. The van der Waals surface area contributed by atoms with Crippen molar-refractivity contribution < 1.29 is 4.84 Å². The van der Waals surface area contributed by atoms with Crippen LogP contribution in [0.2, 0.25) is 0 Å². The highest BCUT2D eigenvalue weighted by Gasteiger charge is 2.11. The predicted octanol–water partition coefficient (Wildman–Crippen LogP) is 1.36. The number of oxime groups is 1. The average Bonchev–Trinajstić information content (AvgIpc) is 2.56. The van der Waals surface area contributed by atoms with Crippen molar-refractivity contribution in [3.8, 4) is 0 Å². The molecule has 0 bridgehead atoms. The zero-order valence-corrected chi connectivity index (χ0v) is 6.84. The number of nitrogens with zero attached hydrogens (tertiary/aromatic N) is 3. The van der Waals surface area contributed by atoms with Gasteiger partial charge in [-0.15, -0.1) is 0 Å². The Bertz CT molecular complexity index is 487. The Kier molecular flexibility index (Phi) is 1.19. The fraction of sp³-hybridized carbons (Fsp3) is 0.111. The largest absolute Gasteiger partial charge is 0.386 e. The van der Waals surface area contributed by atoms with E-state index in [-0.39, 0.29) is 0 Å². The van der Waals surface area contributed by atoms with Crippen LogP contribution in [0.1, 0.15) is 5.82 Å². The van der Waals surface area contributed by atoms with E-state index in [9.17, 15) is 0 Å². The summed E-state index contributed by atoms with van der Waals surface area (Å²) in [5, 5.41) is 3.74. The van der Waals surface area contributed by atoms with Crippen LogP contribution in [0.3, 0.4) is 0 Å². The van der Waals surface area contributed by atoms with Crippen LogP contribution in [0, 0.1) is 0 Å². The number of fused-ring (bicyclic) bond motifs is 3. The summed E-state index contributed by atoms with van der Waals surface area (Å²) in [6.07, 6.45) is 1.65. The number of para-hydroxylation sites is 2. The van der Waals surface area contributed by atoms with Gasteiger partial charge in [-0.25, -0.2) is 4.98 Å². The fourth-order valence-corrected chi connectivity index (χ4v) is 1.50. The first-order chi connectivity index (χ1) is 6.45. The number of hydrogen-bond donors (Lipinski definition) is 0. The third kappa shape index (κ3) is 0.853. The number of aromatic nitrogens is 2. The molecule has 0 saturated heterocycles. The molecule has 1 aliphatic rings. The van der Waals surface area contributed by atoms with Crippen LogP contribution in [-0.4, -0.2) is 15.9 Å². The highest BCUT2D eigenvalue weighted by atomic mass is 16.6. The summed E-state index contributed by atoms with van der Waals surface area (Å²) in [5.41, 5.74) is 2.05. The van der Waals surface area contributed by atoms with Crippen molar-refractivity contribution in [2.75, 3.05) is 0 Å². The van der Waals surface area contributed by atoms with Gasteiger partial charge in [0, 0.05) is 0 Å². The Hall–Kier alpha value is -1.84. The summed E-state index contributed by atoms with van der Waals surface area (Å²) in [5.74, 6) is 0.899. The molecule has 1 aromatic heterocycles. The van der Waals surface area contributed by atoms with Crippen LogP contribution in [0.15, 0.2) is 29.4 Å². The van der Waals surface area contributed by atoms with Crippen molar-refractivity contribution in [1.29, 1.82) is 0 Å². The smallest absolute Gasteiger partial charge is 0.175 e. The van der Waals surface area contributed by atoms with Gasteiger partial charge in [0.1, 0.15) is 6.34 Å². The van der Waals surface area contributed by atoms with Crippen molar-refractivity contribution in [3.05, 3.63) is 30.1 Å². The molecule has 13 heavy (non-hydrogen) atoms. The first-order valence-corrected chi connectivity index (χ1v) is 4.06. The van der Waals surface area contributed by atoms with Crippen molar-refractivity contribution in [3.63, 3.8) is 0 Å². The molecule has 4 nitrogen and oxygen atoms in total. The van der Waals surface area contributed by atoms with Crippen LogP contribution < -0.4 is 0 Å². The summed E-state index contributed by atoms with van der Waals surface area (Å²) < 4.78 is 1.94. The first kappa shape index (κ1) is 6.65. The van der Waals surface area contributed by atoms with Gasteiger partial charge < -0.3 is 4.84 Å². The molecule has 0 aliphatic carbocycles. The quantitative estimate of drug-likeness (QED) is 0.603. The molecule has 1 aliphatic heterocycles. The second-order valence-electron chi connectivity index (χ2n) is 2.88. The van der Waals surface area contributed by atoms with Gasteiger partial charge in [-0.05, 0) is 12.1 Å². The van der Waals surface area contributed by atoms with Crippen molar-refractivity contribution in [2.45, 2.75) is 6.61 Å². The monoisotopic (exact) mass is 173 g/mol. The minimum atomic E-state index is 0.450. The van der Waals surface area contributed by atoms with Crippen LogP contribution in [0.5, 0.6) is 0 Å². The summed E-state index contributed by atoms with van der Waals surface area (Å²) in [6, 6.07) is 7.96. The van der Waals surface area contributed by atoms with Gasteiger partial charge in [0.2, 0.25) is 0 Å². The molecule has 2 aromatic rings. The van der Waals surface area contributed by atoms with Gasteiger partial charge in [0.05, 0.1) is 11.0 Å². The number of imidazole rings is 1. The van der Waals surface area contributed by atoms with Crippen LogP contribution in [0.4, 0.5) is 0 Å². The van der Waals surface area contributed by atoms with Gasteiger partial charge >= 0.3 is 0 Å². The van der Waals surface area contributed by atoms with Gasteiger partial charge in [0.25, 0.3) is 0 Å². The van der Waals surface area contributed by atoms with Crippen molar-refractivity contribution in [2.24, 2.45) is 5.16 Å². The van der Waals surface area contributed by atoms with Crippen molar-refractivity contribution in [1.82, 2.24) is 9.55 Å². The molecule has 2 heterocycles. The molecule has 0 atom stereocenters. The summed E-state index contributed by atoms with van der Waals surface area (Å²) in [6.45, 7) is 0.450. The normalized spacial score (nSPS) is 14.2. The van der Waals surface area contributed by atoms with E-state index in [0.717, 1.165) is 16.9 Å². The van der Waals surface area contributed by atoms with Crippen LogP contribution in [-0.2, 0) is 11.4 Å². The highest BCUT2D eigenvalue weighted by molar-refractivity contribution is 5.83. The predicted molar refractivity (Wildman–Crippen MR) is 48.4 cm³/mol. The molecule has 0 N–H and O–H groups in total. The Morgan fingerprint density at radius 3 is 3.23 bits per heavy atom. The summed E-state index contributed by atoms with van der Waals surface area (Å²) in [7, 11) is 0. The molecule has 4 heteroatoms. The summed E-state index contributed by atoms with van der Waals surface area (Å²) in [4.78, 5) is 9.31. The first-order valence-electron chi connectivity index (χ1n) is 4.06. The third-order valence-corrected chi connectivity index (χ3v) is 2.10. The molecule has 0 fully saturated rings. The number of rotatable bonds is 0. The minimum Gasteiger partial charge on any atom is -0.386 e. The number of hydrogen-bond acceptors (Lipinski definition) is 3. The molecule has 0 unspecified atom stereocenters. The van der Waals surface area contributed by atoms with E-state index < -0.39 is 0 Å². The van der Waals surface area contributed by atoms with Crippen LogP contribution in [0.25, 0.3) is 11.0 Å². The molecule has 3 rings (SSSR count). The zero-order chi connectivity index (χ0) is 8.67. The van der Waals surface area contributed by atoms with E-state index in [0.29, 0.717) is 6.61 Å². The van der Waals surface area contributed by atoms with E-state index in [2.05, 4.69) is 10.1 Å². The van der Waals surface area contributed by atoms with Gasteiger partial charge in [-0.1, -0.05) is 17.3 Å². The summed E-state index contributed by atoms with van der Waals surface area (Å²) >= 11 is 0. The standard InChI is InChI=1S/C9H7N3O/c1-2-4-8-7(3-1)11-9-5-13-10-6-12(8)9/h1-4,6H,5H2. The van der Waals surface area contributed by atoms with Crippen molar-refractivity contribution >= 4 is 17.4 Å². The lowest BCUT2D eigenvalue weighted by Gasteiger charge is -2.06. The lowest BCUT2D eigenvalue weighted by Crippen LogP contribution is -2.08. The maximum absolute atomic E-state index is 4.91. The van der Waals surface area contributed by atoms with Gasteiger partial charge in [0.15, 0.2) is 12.4 Å². The Morgan fingerprint density at radius 1 is 1.31 bits per heavy atom. The highest BCUT2D eigenvalue weighted by Crippen LogP contribution is 2.16. The van der Waals surface area contributed by atoms with E-state index >= 15 is 0 Å². The molecule has 1 aromatic carbocycles. The molecule has 0 radical (unpaired) electrons. The lowest BCUT2D eigenvalue weighted by molar-refractivity contribution is 0.117. The van der Waals surface area contributed by atoms with E-state index in [1.54, 1.807) is 6.34 Å². The molecule has 64 valence electrons. The molecule has 0 amide bonds. The Morgan fingerprint density at radius 2 is 2.23 bits per heavy atom.